The Labute approximate surface area is 112 Å². The molecule has 1 heterocycles. The van der Waals surface area contributed by atoms with Crippen LogP contribution in [0.4, 0.5) is 0 Å². The third-order valence-corrected chi connectivity index (χ3v) is 3.41. The zero-order valence-electron chi connectivity index (χ0n) is 10.8. The van der Waals surface area contributed by atoms with Crippen molar-refractivity contribution >= 4 is 17.5 Å². The largest absolute Gasteiger partial charge is 0.393 e. The van der Waals surface area contributed by atoms with Gasteiger partial charge in [-0.15, -0.1) is 0 Å². The molecule has 0 saturated heterocycles. The number of aliphatic hydroxyl groups is 1. The Morgan fingerprint density at radius 3 is 2.89 bits per heavy atom. The van der Waals surface area contributed by atoms with Crippen LogP contribution in [0.5, 0.6) is 0 Å². The highest BCUT2D eigenvalue weighted by molar-refractivity contribution is 6.31. The standard InChI is InChI=1S/C13H19ClN2O2/c1-9(17)5-6-15(2)13(18)12-7-10(14)8-16(12)11-3-4-11/h7-9,11,17H,3-6H2,1-2H3. The van der Waals surface area contributed by atoms with Crippen LogP contribution in [0.25, 0.3) is 0 Å². The molecular weight excluding hydrogens is 252 g/mol. The molecule has 0 spiro atoms. The van der Waals surface area contributed by atoms with Crippen LogP contribution in [0.1, 0.15) is 42.7 Å². The van der Waals surface area contributed by atoms with Crippen LogP contribution in [0, 0.1) is 0 Å². The number of carbonyl (C=O) groups is 1. The lowest BCUT2D eigenvalue weighted by Gasteiger charge is -2.19. The molecule has 1 atom stereocenters. The van der Waals surface area contributed by atoms with Crippen LogP contribution in [-0.4, -0.2) is 40.2 Å². The lowest BCUT2D eigenvalue weighted by atomic mass is 10.2. The van der Waals surface area contributed by atoms with E-state index >= 15 is 0 Å². The van der Waals surface area contributed by atoms with Gasteiger partial charge in [-0.1, -0.05) is 11.6 Å². The highest BCUT2D eigenvalue weighted by Gasteiger charge is 2.28. The first kappa shape index (κ1) is 13.4. The molecule has 0 aliphatic heterocycles. The summed E-state index contributed by atoms with van der Waals surface area (Å²) in [5, 5.41) is 9.85. The van der Waals surface area contributed by atoms with Crippen LogP contribution >= 0.6 is 11.6 Å². The summed E-state index contributed by atoms with van der Waals surface area (Å²) in [6.45, 7) is 2.27. The average Bonchev–Trinajstić information content (AvgIpc) is 3.08. The normalized spacial score (nSPS) is 16.7. The third kappa shape index (κ3) is 3.06. The second-order valence-corrected chi connectivity index (χ2v) is 5.48. The van der Waals surface area contributed by atoms with Crippen molar-refractivity contribution < 1.29 is 9.90 Å². The lowest BCUT2D eigenvalue weighted by Crippen LogP contribution is -2.30. The minimum absolute atomic E-state index is 0.0329. The first-order chi connectivity index (χ1) is 8.49. The average molecular weight is 271 g/mol. The lowest BCUT2D eigenvalue weighted by molar-refractivity contribution is 0.0758. The zero-order chi connectivity index (χ0) is 13.3. The van der Waals surface area contributed by atoms with Gasteiger partial charge in [-0.25, -0.2) is 0 Å². The number of aromatic nitrogens is 1. The maximum absolute atomic E-state index is 12.3. The summed E-state index contributed by atoms with van der Waals surface area (Å²) in [6.07, 6.45) is 4.25. The molecule has 1 saturated carbocycles. The quantitative estimate of drug-likeness (QED) is 0.892. The van der Waals surface area contributed by atoms with Crippen LogP contribution < -0.4 is 0 Å². The molecule has 2 rings (SSSR count). The zero-order valence-corrected chi connectivity index (χ0v) is 11.5. The molecule has 1 amide bonds. The van der Waals surface area contributed by atoms with Gasteiger partial charge in [-0.2, -0.15) is 0 Å². The van der Waals surface area contributed by atoms with Gasteiger partial charge in [0.25, 0.3) is 5.91 Å². The van der Waals surface area contributed by atoms with Crippen molar-refractivity contribution in [2.45, 2.75) is 38.3 Å². The molecular formula is C13H19ClN2O2. The fourth-order valence-electron chi connectivity index (χ4n) is 1.95. The maximum atomic E-state index is 12.3. The predicted molar refractivity (Wildman–Crippen MR) is 71.0 cm³/mol. The van der Waals surface area contributed by atoms with E-state index in [1.807, 2.05) is 10.8 Å². The SMILES string of the molecule is CC(O)CCN(C)C(=O)c1cc(Cl)cn1C1CC1. The fourth-order valence-corrected chi connectivity index (χ4v) is 2.16. The maximum Gasteiger partial charge on any atom is 0.270 e. The van der Waals surface area contributed by atoms with Gasteiger partial charge in [0.2, 0.25) is 0 Å². The molecule has 0 aromatic carbocycles. The van der Waals surface area contributed by atoms with E-state index in [1.165, 1.54) is 0 Å². The second-order valence-electron chi connectivity index (χ2n) is 5.05. The van der Waals surface area contributed by atoms with Gasteiger partial charge in [-0.3, -0.25) is 4.79 Å². The molecule has 1 fully saturated rings. The number of nitrogens with zero attached hydrogens (tertiary/aromatic N) is 2. The number of amides is 1. The number of rotatable bonds is 5. The van der Waals surface area contributed by atoms with Crippen molar-refractivity contribution in [3.63, 3.8) is 0 Å². The monoisotopic (exact) mass is 270 g/mol. The van der Waals surface area contributed by atoms with Crippen LogP contribution in [0.3, 0.4) is 0 Å². The van der Waals surface area contributed by atoms with E-state index in [2.05, 4.69) is 0 Å². The molecule has 0 radical (unpaired) electrons. The molecule has 100 valence electrons. The molecule has 1 aromatic heterocycles. The van der Waals surface area contributed by atoms with Gasteiger partial charge in [0.05, 0.1) is 11.1 Å². The first-order valence-electron chi connectivity index (χ1n) is 6.30. The summed E-state index contributed by atoms with van der Waals surface area (Å²) in [4.78, 5) is 13.9. The van der Waals surface area contributed by atoms with Gasteiger partial charge >= 0.3 is 0 Å². The van der Waals surface area contributed by atoms with E-state index in [9.17, 15) is 9.90 Å². The Morgan fingerprint density at radius 1 is 1.67 bits per heavy atom. The highest BCUT2D eigenvalue weighted by Crippen LogP contribution is 2.37. The molecule has 0 bridgehead atoms. The van der Waals surface area contributed by atoms with Gasteiger partial charge in [-0.05, 0) is 32.3 Å². The second kappa shape index (κ2) is 5.33. The number of aliphatic hydroxyl groups excluding tert-OH is 1. The Hall–Kier alpha value is -1.00. The van der Waals surface area contributed by atoms with Crippen molar-refractivity contribution in [3.05, 3.63) is 23.0 Å². The van der Waals surface area contributed by atoms with E-state index in [4.69, 9.17) is 11.6 Å². The molecule has 1 aromatic rings. The summed E-state index contributed by atoms with van der Waals surface area (Å²) in [5.41, 5.74) is 0.649. The van der Waals surface area contributed by atoms with Crippen molar-refractivity contribution in [2.75, 3.05) is 13.6 Å². The Balaban J connectivity index is 2.07. The Morgan fingerprint density at radius 2 is 2.33 bits per heavy atom. The Kier molecular flexibility index (Phi) is 3.97. The smallest absolute Gasteiger partial charge is 0.270 e. The van der Waals surface area contributed by atoms with E-state index in [-0.39, 0.29) is 12.0 Å². The van der Waals surface area contributed by atoms with Crippen LogP contribution in [0.2, 0.25) is 5.02 Å². The van der Waals surface area contributed by atoms with Crippen molar-refractivity contribution in [3.8, 4) is 0 Å². The van der Waals surface area contributed by atoms with E-state index in [0.717, 1.165) is 12.8 Å². The molecule has 1 N–H and O–H groups in total. The highest BCUT2D eigenvalue weighted by atomic mass is 35.5. The van der Waals surface area contributed by atoms with Gasteiger partial charge in [0.1, 0.15) is 5.69 Å². The van der Waals surface area contributed by atoms with Crippen molar-refractivity contribution in [2.24, 2.45) is 0 Å². The summed E-state index contributed by atoms with van der Waals surface area (Å²) in [6, 6.07) is 2.16. The molecule has 4 nitrogen and oxygen atoms in total. The van der Waals surface area contributed by atoms with Crippen molar-refractivity contribution in [1.29, 1.82) is 0 Å². The number of hydrogen-bond acceptors (Lipinski definition) is 2. The minimum atomic E-state index is -0.390. The molecule has 1 unspecified atom stereocenters. The first-order valence-corrected chi connectivity index (χ1v) is 6.67. The number of carbonyl (C=O) groups excluding carboxylic acids is 1. The summed E-state index contributed by atoms with van der Waals surface area (Å²) >= 11 is 5.98. The molecule has 1 aliphatic carbocycles. The van der Waals surface area contributed by atoms with Gasteiger partial charge < -0.3 is 14.6 Å². The fraction of sp³-hybridized carbons (Fsp3) is 0.615. The topological polar surface area (TPSA) is 45.5 Å². The number of hydrogen-bond donors (Lipinski definition) is 1. The van der Waals surface area contributed by atoms with Gasteiger partial charge in [0.15, 0.2) is 0 Å². The predicted octanol–water partition coefficient (Wildman–Crippen LogP) is 2.32. The van der Waals surface area contributed by atoms with Crippen molar-refractivity contribution in [1.82, 2.24) is 9.47 Å². The minimum Gasteiger partial charge on any atom is -0.393 e. The Bertz CT molecular complexity index is 438. The van der Waals surface area contributed by atoms with E-state index < -0.39 is 0 Å². The van der Waals surface area contributed by atoms with E-state index in [0.29, 0.717) is 29.7 Å². The van der Waals surface area contributed by atoms with Crippen LogP contribution in [0.15, 0.2) is 12.3 Å². The summed E-state index contributed by atoms with van der Waals surface area (Å²) < 4.78 is 1.98. The third-order valence-electron chi connectivity index (χ3n) is 3.20. The van der Waals surface area contributed by atoms with Crippen LogP contribution in [-0.2, 0) is 0 Å². The molecule has 1 aliphatic rings. The molecule has 5 heteroatoms. The van der Waals surface area contributed by atoms with Gasteiger partial charge in [0, 0.05) is 25.8 Å². The van der Waals surface area contributed by atoms with E-state index in [1.54, 1.807) is 24.9 Å². The number of halogens is 1. The molecule has 18 heavy (non-hydrogen) atoms. The summed E-state index contributed by atoms with van der Waals surface area (Å²) in [5.74, 6) is -0.0329. The summed E-state index contributed by atoms with van der Waals surface area (Å²) in [7, 11) is 1.75.